The van der Waals surface area contributed by atoms with Crippen molar-refractivity contribution < 1.29 is 42.7 Å². The molecule has 0 saturated heterocycles. The number of alkyl halides is 3. The third-order valence-electron chi connectivity index (χ3n) is 11.3. The Morgan fingerprint density at radius 3 is 1.19 bits per heavy atom. The molecule has 0 aliphatic rings. The minimum absolute atomic E-state index is 0.0637. The van der Waals surface area contributed by atoms with Crippen LogP contribution >= 0.6 is 0 Å². The van der Waals surface area contributed by atoms with E-state index in [9.17, 15) is 28.5 Å². The number of benzene rings is 5. The summed E-state index contributed by atoms with van der Waals surface area (Å²) in [5.41, 5.74) is 10.4. The third-order valence-corrected chi connectivity index (χ3v) is 11.3. The van der Waals surface area contributed by atoms with Gasteiger partial charge in [-0.15, -0.1) is 0 Å². The number of aliphatic hydroxyl groups is 3. The lowest BCUT2D eigenvalue weighted by Crippen LogP contribution is -2.19. The summed E-state index contributed by atoms with van der Waals surface area (Å²) in [6, 6.07) is 48.3. The number of hydrogen-bond acceptors (Lipinski definition) is 13. The molecule has 0 saturated carbocycles. The standard InChI is InChI=1S/C20H21FN2O2.C19H19FN2O2.C18H18FN3O2/c1-23(2)16-6-3-14(4-7-16)19-9-5-15-11-18(8-10-20(15)22-19)25-13-17(24)12-21;1-21-15-5-2-13(3-6-15)18-8-4-14-10-17(7-9-19(14)22-18)24-12-16(23)11-20;1-20-18-7-3-13(10-21-18)17-5-2-12-8-15(4-6-16(12)22-17)24-11-14(23)9-19/h3-11,17,24H,12-13H2,1-2H3;2-10,16,21,23H,11-12H2,1H3;2-8,10,14,23H,9,11H2,1H3,(H,20,21). The SMILES string of the molecule is CN(C)c1ccc(-c2ccc3cc(OCC(O)CF)ccc3n2)cc1.CNc1ccc(-c2ccc3cc(OCC(O)CF)ccc3n2)cc1.CNc1ccc(-c2ccc3cc(OCC(O)CF)ccc3n2)cn1. The molecule has 5 N–H and O–H groups in total. The number of nitrogens with zero attached hydrogens (tertiary/aromatic N) is 5. The summed E-state index contributed by atoms with van der Waals surface area (Å²) in [7, 11) is 7.73. The third kappa shape index (κ3) is 14.8. The van der Waals surface area contributed by atoms with Gasteiger partial charge >= 0.3 is 0 Å². The fourth-order valence-corrected chi connectivity index (χ4v) is 7.20. The molecule has 0 fully saturated rings. The van der Waals surface area contributed by atoms with Gasteiger partial charge in [-0.1, -0.05) is 42.5 Å². The van der Waals surface area contributed by atoms with Crippen molar-refractivity contribution in [2.24, 2.45) is 0 Å². The van der Waals surface area contributed by atoms with E-state index in [4.69, 9.17) is 19.2 Å². The van der Waals surface area contributed by atoms with E-state index in [-0.39, 0.29) is 19.8 Å². The highest BCUT2D eigenvalue weighted by atomic mass is 19.1. The smallest absolute Gasteiger partial charge is 0.125 e. The summed E-state index contributed by atoms with van der Waals surface area (Å²) < 4.78 is 52.9. The molecular weight excluding hydrogens is 936 g/mol. The molecular formula is C57H58F3N7O6. The van der Waals surface area contributed by atoms with Crippen molar-refractivity contribution in [3.63, 3.8) is 0 Å². The summed E-state index contributed by atoms with van der Waals surface area (Å²) in [6.07, 6.45) is -1.52. The Balaban J connectivity index is 0.000000160. The van der Waals surface area contributed by atoms with Crippen LogP contribution in [0.1, 0.15) is 0 Å². The molecule has 9 rings (SSSR count). The van der Waals surface area contributed by atoms with Crippen molar-refractivity contribution in [3.05, 3.63) is 158 Å². The average molecular weight is 994 g/mol. The molecule has 16 heteroatoms. The Kier molecular flexibility index (Phi) is 18.7. The van der Waals surface area contributed by atoms with Crippen LogP contribution in [0.15, 0.2) is 158 Å². The zero-order valence-corrected chi connectivity index (χ0v) is 40.9. The van der Waals surface area contributed by atoms with Gasteiger partial charge in [0, 0.05) is 78.6 Å². The summed E-state index contributed by atoms with van der Waals surface area (Å²) >= 11 is 0. The van der Waals surface area contributed by atoms with Crippen LogP contribution in [0.25, 0.3) is 66.5 Å². The first-order chi connectivity index (χ1) is 35.4. The number of ether oxygens (including phenoxy) is 3. The molecule has 5 aromatic carbocycles. The van der Waals surface area contributed by atoms with Crippen molar-refractivity contribution in [3.8, 4) is 51.0 Å². The van der Waals surface area contributed by atoms with E-state index in [1.807, 2.05) is 137 Å². The molecule has 378 valence electrons. The van der Waals surface area contributed by atoms with Gasteiger partial charge in [0.2, 0.25) is 0 Å². The molecule has 0 spiro atoms. The first-order valence-corrected chi connectivity index (χ1v) is 23.5. The molecule has 0 aliphatic carbocycles. The molecule has 0 bridgehead atoms. The monoisotopic (exact) mass is 993 g/mol. The molecule has 3 unspecified atom stereocenters. The van der Waals surface area contributed by atoms with Crippen LogP contribution in [0.2, 0.25) is 0 Å². The molecule has 9 aromatic rings. The van der Waals surface area contributed by atoms with Gasteiger partial charge in [-0.25, -0.2) is 33.1 Å². The molecule has 0 aliphatic heterocycles. The van der Waals surface area contributed by atoms with E-state index < -0.39 is 38.3 Å². The summed E-state index contributed by atoms with van der Waals surface area (Å²) in [5, 5.41) is 36.5. The fourth-order valence-electron chi connectivity index (χ4n) is 7.20. The van der Waals surface area contributed by atoms with Crippen LogP contribution in [0.4, 0.5) is 30.4 Å². The summed E-state index contributed by atoms with van der Waals surface area (Å²) in [5.74, 6) is 2.55. The maximum Gasteiger partial charge on any atom is 0.125 e. The normalized spacial score (nSPS) is 12.1. The van der Waals surface area contributed by atoms with Crippen molar-refractivity contribution in [1.29, 1.82) is 0 Å². The van der Waals surface area contributed by atoms with Crippen molar-refractivity contribution in [2.45, 2.75) is 18.3 Å². The molecule has 13 nitrogen and oxygen atoms in total. The predicted molar refractivity (Wildman–Crippen MR) is 285 cm³/mol. The van der Waals surface area contributed by atoms with Gasteiger partial charge in [0.1, 0.15) is 81.2 Å². The van der Waals surface area contributed by atoms with E-state index >= 15 is 0 Å². The van der Waals surface area contributed by atoms with Crippen LogP contribution in [-0.4, -0.2) is 122 Å². The molecule has 0 radical (unpaired) electrons. The minimum Gasteiger partial charge on any atom is -0.491 e. The Labute approximate surface area is 421 Å². The van der Waals surface area contributed by atoms with Gasteiger partial charge in [0.15, 0.2) is 0 Å². The van der Waals surface area contributed by atoms with Crippen LogP contribution in [0, 0.1) is 0 Å². The highest BCUT2D eigenvalue weighted by Crippen LogP contribution is 2.28. The number of rotatable bonds is 18. The van der Waals surface area contributed by atoms with Crippen molar-refractivity contribution in [2.75, 3.05) is 83.6 Å². The number of halogens is 3. The van der Waals surface area contributed by atoms with Gasteiger partial charge in [-0.05, 0) is 109 Å². The first kappa shape index (κ1) is 52.8. The van der Waals surface area contributed by atoms with Crippen LogP contribution in [0.5, 0.6) is 17.2 Å². The number of aromatic nitrogens is 4. The van der Waals surface area contributed by atoms with Crippen molar-refractivity contribution in [1.82, 2.24) is 19.9 Å². The Hall–Kier alpha value is -8.05. The lowest BCUT2D eigenvalue weighted by Gasteiger charge is -2.13. The molecule has 0 amide bonds. The molecule has 4 aromatic heterocycles. The Morgan fingerprint density at radius 1 is 0.466 bits per heavy atom. The molecule has 4 heterocycles. The number of nitrogens with one attached hydrogen (secondary N) is 2. The number of fused-ring (bicyclic) bond motifs is 3. The van der Waals surface area contributed by atoms with E-state index in [2.05, 4.69) is 54.8 Å². The summed E-state index contributed by atoms with van der Waals surface area (Å²) in [6.45, 7) is -2.65. The number of pyridine rings is 4. The van der Waals surface area contributed by atoms with Gasteiger partial charge in [0.25, 0.3) is 0 Å². The zero-order chi connectivity index (χ0) is 51.7. The van der Waals surface area contributed by atoms with Crippen molar-refractivity contribution >= 4 is 49.9 Å². The van der Waals surface area contributed by atoms with E-state index in [0.29, 0.717) is 17.2 Å². The molecule has 3 atom stereocenters. The number of hydrogen-bond donors (Lipinski definition) is 5. The largest absolute Gasteiger partial charge is 0.491 e. The number of anilines is 3. The fraction of sp³-hybridized carbons (Fsp3) is 0.228. The highest BCUT2D eigenvalue weighted by Gasteiger charge is 2.10. The lowest BCUT2D eigenvalue weighted by atomic mass is 10.1. The second-order valence-electron chi connectivity index (χ2n) is 17.0. The topological polar surface area (TPSA) is 167 Å². The molecule has 73 heavy (non-hydrogen) atoms. The average Bonchev–Trinajstić information content (AvgIpc) is 3.44. The number of aliphatic hydroxyl groups excluding tert-OH is 3. The predicted octanol–water partition coefficient (Wildman–Crippen LogP) is 10.4. The van der Waals surface area contributed by atoms with E-state index in [0.717, 1.165) is 83.7 Å². The minimum atomic E-state index is -1.10. The second-order valence-corrected chi connectivity index (χ2v) is 17.0. The Morgan fingerprint density at radius 2 is 0.849 bits per heavy atom. The highest BCUT2D eigenvalue weighted by molar-refractivity contribution is 5.85. The van der Waals surface area contributed by atoms with Crippen LogP contribution < -0.4 is 29.7 Å². The van der Waals surface area contributed by atoms with Crippen LogP contribution in [0.3, 0.4) is 0 Å². The maximum absolute atomic E-state index is 12.3. The first-order valence-electron chi connectivity index (χ1n) is 23.5. The van der Waals surface area contributed by atoms with Gasteiger partial charge in [-0.2, -0.15) is 0 Å². The van der Waals surface area contributed by atoms with Gasteiger partial charge in [-0.3, -0.25) is 0 Å². The van der Waals surface area contributed by atoms with Gasteiger partial charge in [0.05, 0.1) is 33.6 Å². The van der Waals surface area contributed by atoms with E-state index in [1.165, 1.54) is 0 Å². The lowest BCUT2D eigenvalue weighted by molar-refractivity contribution is 0.0842. The van der Waals surface area contributed by atoms with Gasteiger partial charge < -0.3 is 45.1 Å². The van der Waals surface area contributed by atoms with Crippen LogP contribution in [-0.2, 0) is 0 Å². The Bertz CT molecular complexity index is 3030. The second kappa shape index (κ2) is 25.9. The quantitative estimate of drug-likeness (QED) is 0.0552. The summed E-state index contributed by atoms with van der Waals surface area (Å²) in [4.78, 5) is 20.3. The maximum atomic E-state index is 12.3. The zero-order valence-electron chi connectivity index (χ0n) is 40.9. The van der Waals surface area contributed by atoms with E-state index in [1.54, 1.807) is 24.4 Å².